The molecule has 0 saturated carbocycles. The zero-order chi connectivity index (χ0) is 14.8. The number of halogens is 1. The third-order valence-corrected chi connectivity index (χ3v) is 3.99. The Kier molecular flexibility index (Phi) is 5.11. The average Bonchev–Trinajstić information content (AvgIpc) is 2.26. The molecule has 1 aromatic rings. The summed E-state index contributed by atoms with van der Waals surface area (Å²) in [5.74, 6) is -0.208. The van der Waals surface area contributed by atoms with Crippen LogP contribution in [0.15, 0.2) is 24.3 Å². The Hall–Kier alpha value is -0.930. The molecule has 0 heterocycles. The molecule has 0 aliphatic heterocycles. The lowest BCUT2D eigenvalue weighted by molar-refractivity contribution is 0.0866. The number of nitrogens with two attached hydrogens (primary N) is 1. The van der Waals surface area contributed by atoms with Crippen LogP contribution < -0.4 is 5.73 Å². The summed E-state index contributed by atoms with van der Waals surface area (Å²) >= 11 is 0. The monoisotopic (exact) mass is 266 g/mol. The molecule has 2 N–H and O–H groups in total. The third kappa shape index (κ3) is 4.02. The molecule has 3 heteroatoms. The number of likely N-dealkylation sites (N-methyl/N-ethyl adjacent to an activating group) is 1. The van der Waals surface area contributed by atoms with Crippen molar-refractivity contribution >= 4 is 0 Å². The van der Waals surface area contributed by atoms with Gasteiger partial charge in [-0.3, -0.25) is 4.90 Å². The van der Waals surface area contributed by atoms with E-state index in [9.17, 15) is 4.39 Å². The first-order chi connectivity index (χ1) is 8.64. The second kappa shape index (κ2) is 6.02. The third-order valence-electron chi connectivity index (χ3n) is 3.99. The maximum absolute atomic E-state index is 13.4. The lowest BCUT2D eigenvalue weighted by Gasteiger charge is -2.42. The Balaban J connectivity index is 3.08. The lowest BCUT2D eigenvalue weighted by Crippen LogP contribution is -2.46. The molecule has 3 unspecified atom stereocenters. The van der Waals surface area contributed by atoms with Gasteiger partial charge in [0.1, 0.15) is 5.82 Å². The van der Waals surface area contributed by atoms with Crippen molar-refractivity contribution in [2.24, 2.45) is 11.1 Å². The Bertz CT molecular complexity index is 409. The summed E-state index contributed by atoms with van der Waals surface area (Å²) in [5.41, 5.74) is 7.22. The summed E-state index contributed by atoms with van der Waals surface area (Å²) in [6.45, 7) is 10.8. The van der Waals surface area contributed by atoms with Gasteiger partial charge in [-0.15, -0.1) is 0 Å². The van der Waals surface area contributed by atoms with E-state index >= 15 is 0 Å². The molecule has 19 heavy (non-hydrogen) atoms. The molecule has 0 amide bonds. The topological polar surface area (TPSA) is 29.3 Å². The fraction of sp³-hybridized carbons (Fsp3) is 0.625. The van der Waals surface area contributed by atoms with E-state index in [0.29, 0.717) is 6.04 Å². The maximum atomic E-state index is 13.4. The van der Waals surface area contributed by atoms with Crippen molar-refractivity contribution in [3.05, 3.63) is 35.6 Å². The standard InChI is InChI=1S/C16H27FN2/c1-11(18)15(13-8-7-9-14(17)10-13)19(6)12(2)16(3,4)5/h7-12,15H,18H2,1-6H3. The molecule has 0 fully saturated rings. The number of rotatable bonds is 4. The molecule has 2 nitrogen and oxygen atoms in total. The largest absolute Gasteiger partial charge is 0.326 e. The van der Waals surface area contributed by atoms with Gasteiger partial charge >= 0.3 is 0 Å². The van der Waals surface area contributed by atoms with Crippen molar-refractivity contribution in [3.63, 3.8) is 0 Å². The van der Waals surface area contributed by atoms with Crippen LogP contribution in [-0.2, 0) is 0 Å². The summed E-state index contributed by atoms with van der Waals surface area (Å²) < 4.78 is 13.4. The zero-order valence-corrected chi connectivity index (χ0v) is 12.9. The fourth-order valence-corrected chi connectivity index (χ4v) is 2.45. The van der Waals surface area contributed by atoms with Gasteiger partial charge in [-0.2, -0.15) is 0 Å². The van der Waals surface area contributed by atoms with Crippen molar-refractivity contribution in [1.82, 2.24) is 4.90 Å². The molecule has 0 aliphatic rings. The first kappa shape index (κ1) is 16.1. The van der Waals surface area contributed by atoms with Gasteiger partial charge in [-0.05, 0) is 44.0 Å². The van der Waals surface area contributed by atoms with Crippen molar-refractivity contribution in [2.45, 2.75) is 52.7 Å². The fourth-order valence-electron chi connectivity index (χ4n) is 2.45. The second-order valence-corrected chi connectivity index (χ2v) is 6.57. The van der Waals surface area contributed by atoms with E-state index in [4.69, 9.17) is 5.73 Å². The molecule has 0 bridgehead atoms. The minimum absolute atomic E-state index is 0.0184. The van der Waals surface area contributed by atoms with E-state index < -0.39 is 0 Å². The molecule has 0 spiro atoms. The van der Waals surface area contributed by atoms with E-state index in [-0.39, 0.29) is 23.3 Å². The molecular weight excluding hydrogens is 239 g/mol. The van der Waals surface area contributed by atoms with Crippen LogP contribution in [0.25, 0.3) is 0 Å². The van der Waals surface area contributed by atoms with Crippen LogP contribution in [0.3, 0.4) is 0 Å². The number of hydrogen-bond acceptors (Lipinski definition) is 2. The van der Waals surface area contributed by atoms with Gasteiger partial charge in [0.05, 0.1) is 0 Å². The SMILES string of the molecule is CC(N)C(c1cccc(F)c1)N(C)C(C)C(C)(C)C. The van der Waals surface area contributed by atoms with Crippen molar-refractivity contribution in [1.29, 1.82) is 0 Å². The maximum Gasteiger partial charge on any atom is 0.123 e. The highest BCUT2D eigenvalue weighted by molar-refractivity contribution is 5.22. The average molecular weight is 266 g/mol. The summed E-state index contributed by atoms with van der Waals surface area (Å²) in [7, 11) is 2.06. The zero-order valence-electron chi connectivity index (χ0n) is 12.9. The highest BCUT2D eigenvalue weighted by Gasteiger charge is 2.31. The Morgan fingerprint density at radius 1 is 1.21 bits per heavy atom. The van der Waals surface area contributed by atoms with Crippen molar-refractivity contribution in [3.8, 4) is 0 Å². The second-order valence-electron chi connectivity index (χ2n) is 6.57. The Labute approximate surface area is 116 Å². The smallest absolute Gasteiger partial charge is 0.123 e. The van der Waals surface area contributed by atoms with Gasteiger partial charge in [-0.1, -0.05) is 32.9 Å². The number of nitrogens with zero attached hydrogens (tertiary/aromatic N) is 1. The van der Waals surface area contributed by atoms with Crippen molar-refractivity contribution < 1.29 is 4.39 Å². The van der Waals surface area contributed by atoms with E-state index in [2.05, 4.69) is 39.6 Å². The molecule has 0 aromatic heterocycles. The van der Waals surface area contributed by atoms with Crippen LogP contribution in [0.5, 0.6) is 0 Å². The van der Waals surface area contributed by atoms with E-state index in [1.807, 2.05) is 13.0 Å². The summed E-state index contributed by atoms with van der Waals surface area (Å²) in [6.07, 6.45) is 0. The van der Waals surface area contributed by atoms with Crippen LogP contribution in [0, 0.1) is 11.2 Å². The summed E-state index contributed by atoms with van der Waals surface area (Å²) in [4.78, 5) is 2.25. The lowest BCUT2D eigenvalue weighted by atomic mass is 9.85. The molecular formula is C16H27FN2. The first-order valence-corrected chi connectivity index (χ1v) is 6.87. The molecule has 1 aromatic carbocycles. The van der Waals surface area contributed by atoms with Gasteiger partial charge in [0.2, 0.25) is 0 Å². The summed E-state index contributed by atoms with van der Waals surface area (Å²) in [6, 6.07) is 7.04. The highest BCUT2D eigenvalue weighted by Crippen LogP contribution is 2.31. The van der Waals surface area contributed by atoms with E-state index in [1.54, 1.807) is 12.1 Å². The van der Waals surface area contributed by atoms with Crippen LogP contribution in [0.2, 0.25) is 0 Å². The van der Waals surface area contributed by atoms with Crippen LogP contribution >= 0.6 is 0 Å². The molecule has 3 atom stereocenters. The molecule has 0 radical (unpaired) electrons. The van der Waals surface area contributed by atoms with Gasteiger partial charge in [-0.25, -0.2) is 4.39 Å². The minimum atomic E-state index is -0.208. The quantitative estimate of drug-likeness (QED) is 0.902. The first-order valence-electron chi connectivity index (χ1n) is 6.87. The van der Waals surface area contributed by atoms with Crippen LogP contribution in [0.4, 0.5) is 4.39 Å². The highest BCUT2D eigenvalue weighted by atomic mass is 19.1. The molecule has 0 saturated heterocycles. The van der Waals surface area contributed by atoms with Gasteiger partial charge < -0.3 is 5.73 Å². The van der Waals surface area contributed by atoms with Gasteiger partial charge in [0, 0.05) is 18.1 Å². The van der Waals surface area contributed by atoms with Crippen LogP contribution in [0.1, 0.15) is 46.2 Å². The predicted octanol–water partition coefficient (Wildman–Crippen LogP) is 3.58. The normalized spacial score (nSPS) is 17.3. The van der Waals surface area contributed by atoms with E-state index in [0.717, 1.165) is 5.56 Å². The predicted molar refractivity (Wildman–Crippen MR) is 79.5 cm³/mol. The molecule has 108 valence electrons. The Morgan fingerprint density at radius 2 is 1.79 bits per heavy atom. The molecule has 0 aliphatic carbocycles. The van der Waals surface area contributed by atoms with Gasteiger partial charge in [0.15, 0.2) is 0 Å². The number of benzene rings is 1. The Morgan fingerprint density at radius 3 is 2.21 bits per heavy atom. The van der Waals surface area contributed by atoms with E-state index in [1.165, 1.54) is 6.07 Å². The summed E-state index contributed by atoms with van der Waals surface area (Å²) in [5, 5.41) is 0. The van der Waals surface area contributed by atoms with Crippen molar-refractivity contribution in [2.75, 3.05) is 7.05 Å². The minimum Gasteiger partial charge on any atom is -0.326 e. The van der Waals surface area contributed by atoms with Gasteiger partial charge in [0.25, 0.3) is 0 Å². The van der Waals surface area contributed by atoms with Crippen LogP contribution in [-0.4, -0.2) is 24.0 Å². The molecule has 1 rings (SSSR count). The number of hydrogen-bond donors (Lipinski definition) is 1.